The highest BCUT2D eigenvalue weighted by molar-refractivity contribution is 6.32. The number of benzene rings is 2. The smallest absolute Gasteiger partial charge is 0.308 e. The van der Waals surface area contributed by atoms with Crippen LogP contribution in [0.2, 0.25) is 5.02 Å². The molecule has 0 aliphatic carbocycles. The van der Waals surface area contributed by atoms with Crippen LogP contribution in [0.1, 0.15) is 39.6 Å². The van der Waals surface area contributed by atoms with Crippen molar-refractivity contribution in [1.82, 2.24) is 4.90 Å². The Balaban J connectivity index is 1.52. The van der Waals surface area contributed by atoms with Crippen molar-refractivity contribution in [3.05, 3.63) is 64.2 Å². The van der Waals surface area contributed by atoms with Gasteiger partial charge in [0.05, 0.1) is 28.1 Å². The van der Waals surface area contributed by atoms with E-state index >= 15 is 0 Å². The molecule has 0 aromatic heterocycles. The number of carbonyl (C=O) groups excluding carboxylic acids is 4. The van der Waals surface area contributed by atoms with E-state index in [1.165, 1.54) is 25.1 Å². The summed E-state index contributed by atoms with van der Waals surface area (Å²) in [6, 6.07) is 12.7. The van der Waals surface area contributed by atoms with Crippen molar-refractivity contribution >= 4 is 41.0 Å². The normalized spacial score (nSPS) is 13.4. The third-order valence-corrected chi connectivity index (χ3v) is 4.76. The monoisotopic (exact) mass is 425 g/mol. The van der Waals surface area contributed by atoms with E-state index in [1.807, 2.05) is 6.07 Å². The van der Waals surface area contributed by atoms with Gasteiger partial charge < -0.3 is 10.1 Å². The van der Waals surface area contributed by atoms with E-state index in [4.69, 9.17) is 21.6 Å². The number of nitriles is 1. The highest BCUT2D eigenvalue weighted by atomic mass is 35.5. The molecule has 3 amide bonds. The van der Waals surface area contributed by atoms with Crippen molar-refractivity contribution in [2.24, 2.45) is 0 Å². The Labute approximate surface area is 177 Å². The molecule has 8 nitrogen and oxygen atoms in total. The van der Waals surface area contributed by atoms with E-state index in [9.17, 15) is 19.2 Å². The van der Waals surface area contributed by atoms with E-state index in [-0.39, 0.29) is 23.6 Å². The zero-order chi connectivity index (χ0) is 21.8. The van der Waals surface area contributed by atoms with E-state index < -0.39 is 29.8 Å². The molecule has 1 heterocycles. The predicted octanol–water partition coefficient (Wildman–Crippen LogP) is 2.77. The minimum Gasteiger partial charge on any atom is -0.452 e. The molecule has 3 rings (SSSR count). The number of nitrogens with one attached hydrogen (secondary N) is 1. The molecule has 152 valence electrons. The Kier molecular flexibility index (Phi) is 6.14. The second-order valence-corrected chi connectivity index (χ2v) is 6.89. The Morgan fingerprint density at radius 3 is 2.37 bits per heavy atom. The van der Waals surface area contributed by atoms with Crippen LogP contribution in [0.25, 0.3) is 0 Å². The lowest BCUT2D eigenvalue weighted by atomic mass is 10.1. The first-order chi connectivity index (χ1) is 14.3. The number of anilines is 1. The molecule has 1 unspecified atom stereocenters. The number of rotatable bonds is 6. The molecule has 1 aliphatic rings. The number of nitrogens with zero attached hydrogens (tertiary/aromatic N) is 2. The zero-order valence-electron chi connectivity index (χ0n) is 15.8. The third-order valence-electron chi connectivity index (χ3n) is 4.45. The van der Waals surface area contributed by atoms with Gasteiger partial charge in [0.15, 0.2) is 6.10 Å². The topological polar surface area (TPSA) is 117 Å². The minimum atomic E-state index is -1.12. The molecule has 1 atom stereocenters. The molecule has 0 bridgehead atoms. The lowest BCUT2D eigenvalue weighted by Crippen LogP contribution is -2.34. The Hall–Kier alpha value is -3.70. The van der Waals surface area contributed by atoms with Crippen LogP contribution in [0.3, 0.4) is 0 Å². The molecule has 0 saturated carbocycles. The van der Waals surface area contributed by atoms with Crippen LogP contribution in [0.5, 0.6) is 0 Å². The van der Waals surface area contributed by atoms with Crippen LogP contribution in [0.15, 0.2) is 42.5 Å². The van der Waals surface area contributed by atoms with E-state index in [1.54, 1.807) is 24.3 Å². The van der Waals surface area contributed by atoms with Gasteiger partial charge in [0.2, 0.25) is 0 Å². The van der Waals surface area contributed by atoms with Crippen molar-refractivity contribution in [2.75, 3.05) is 11.9 Å². The van der Waals surface area contributed by atoms with E-state index in [0.29, 0.717) is 16.8 Å². The highest BCUT2D eigenvalue weighted by Crippen LogP contribution is 2.23. The summed E-state index contributed by atoms with van der Waals surface area (Å²) in [5, 5.41) is 11.6. The summed E-state index contributed by atoms with van der Waals surface area (Å²) in [5.74, 6) is -2.25. The maximum atomic E-state index is 12.3. The lowest BCUT2D eigenvalue weighted by Gasteiger charge is -2.16. The lowest BCUT2D eigenvalue weighted by molar-refractivity contribution is -0.153. The standard InChI is InChI=1S/C21H16ClN3O5/c1-12(19(27)24-14-7-6-13(11-23)17(22)10-14)30-18(26)8-9-25-20(28)15-4-2-3-5-16(15)21(25)29/h2-7,10,12H,8-9H2,1H3,(H,24,27). The summed E-state index contributed by atoms with van der Waals surface area (Å²) in [7, 11) is 0. The Morgan fingerprint density at radius 2 is 1.80 bits per heavy atom. The van der Waals surface area contributed by atoms with Gasteiger partial charge in [-0.05, 0) is 37.3 Å². The van der Waals surface area contributed by atoms with Crippen LogP contribution in [-0.2, 0) is 14.3 Å². The molecule has 0 saturated heterocycles. The van der Waals surface area contributed by atoms with Crippen LogP contribution in [0, 0.1) is 11.3 Å². The second-order valence-electron chi connectivity index (χ2n) is 6.49. The molecule has 9 heteroatoms. The zero-order valence-corrected chi connectivity index (χ0v) is 16.6. The quantitative estimate of drug-likeness (QED) is 0.561. The minimum absolute atomic E-state index is 0.148. The number of amides is 3. The summed E-state index contributed by atoms with van der Waals surface area (Å²) in [6.45, 7) is 1.24. The van der Waals surface area contributed by atoms with Gasteiger partial charge in [0, 0.05) is 12.2 Å². The number of halogens is 1. The van der Waals surface area contributed by atoms with Crippen LogP contribution >= 0.6 is 11.6 Å². The number of hydrogen-bond acceptors (Lipinski definition) is 6. The molecular formula is C21H16ClN3O5. The van der Waals surface area contributed by atoms with Gasteiger partial charge in [-0.1, -0.05) is 23.7 Å². The average molecular weight is 426 g/mol. The number of esters is 1. The van der Waals surface area contributed by atoms with Crippen LogP contribution in [-0.4, -0.2) is 41.2 Å². The van der Waals surface area contributed by atoms with E-state index in [0.717, 1.165) is 4.90 Å². The fourth-order valence-corrected chi connectivity index (χ4v) is 3.11. The maximum Gasteiger partial charge on any atom is 0.308 e. The second kappa shape index (κ2) is 8.76. The average Bonchev–Trinajstić information content (AvgIpc) is 2.97. The third kappa shape index (κ3) is 4.31. The number of imide groups is 1. The molecule has 2 aromatic rings. The van der Waals surface area contributed by atoms with Gasteiger partial charge in [-0.15, -0.1) is 0 Å². The van der Waals surface area contributed by atoms with Crippen LogP contribution in [0.4, 0.5) is 5.69 Å². The number of ether oxygens (including phenoxy) is 1. The van der Waals surface area contributed by atoms with Gasteiger partial charge in [0.1, 0.15) is 6.07 Å². The summed E-state index contributed by atoms with van der Waals surface area (Å²) in [4.78, 5) is 49.8. The molecule has 2 aromatic carbocycles. The van der Waals surface area contributed by atoms with E-state index in [2.05, 4.69) is 5.32 Å². The summed E-state index contributed by atoms with van der Waals surface area (Å²) < 4.78 is 5.08. The van der Waals surface area contributed by atoms with Crippen molar-refractivity contribution in [3.63, 3.8) is 0 Å². The van der Waals surface area contributed by atoms with Gasteiger partial charge in [-0.3, -0.25) is 24.1 Å². The van der Waals surface area contributed by atoms with Crippen molar-refractivity contribution in [1.29, 1.82) is 5.26 Å². The van der Waals surface area contributed by atoms with Gasteiger partial charge in [-0.25, -0.2) is 0 Å². The first kappa shape index (κ1) is 21.0. The predicted molar refractivity (Wildman–Crippen MR) is 107 cm³/mol. The summed E-state index contributed by atoms with van der Waals surface area (Å²) in [6.07, 6.45) is -1.36. The molecule has 1 aliphatic heterocycles. The fourth-order valence-electron chi connectivity index (χ4n) is 2.88. The van der Waals surface area contributed by atoms with Crippen molar-refractivity contribution < 1.29 is 23.9 Å². The van der Waals surface area contributed by atoms with Gasteiger partial charge in [-0.2, -0.15) is 5.26 Å². The SMILES string of the molecule is CC(OC(=O)CCN1C(=O)c2ccccc2C1=O)C(=O)Nc1ccc(C#N)c(Cl)c1. The molecular weight excluding hydrogens is 410 g/mol. The maximum absolute atomic E-state index is 12.3. The molecule has 30 heavy (non-hydrogen) atoms. The molecule has 0 fully saturated rings. The van der Waals surface area contributed by atoms with Gasteiger partial charge in [0.25, 0.3) is 17.7 Å². The summed E-state index contributed by atoms with van der Waals surface area (Å²) >= 11 is 5.92. The Morgan fingerprint density at radius 1 is 1.17 bits per heavy atom. The molecule has 0 radical (unpaired) electrons. The Bertz CT molecular complexity index is 1060. The number of hydrogen-bond donors (Lipinski definition) is 1. The largest absolute Gasteiger partial charge is 0.452 e. The first-order valence-electron chi connectivity index (χ1n) is 8.97. The highest BCUT2D eigenvalue weighted by Gasteiger charge is 2.35. The number of carbonyl (C=O) groups is 4. The van der Waals surface area contributed by atoms with Crippen molar-refractivity contribution in [2.45, 2.75) is 19.4 Å². The molecule has 1 N–H and O–H groups in total. The number of fused-ring (bicyclic) bond motifs is 1. The summed E-state index contributed by atoms with van der Waals surface area (Å²) in [5.41, 5.74) is 1.20. The van der Waals surface area contributed by atoms with Gasteiger partial charge >= 0.3 is 5.97 Å². The first-order valence-corrected chi connectivity index (χ1v) is 9.35. The molecule has 0 spiro atoms. The van der Waals surface area contributed by atoms with Crippen molar-refractivity contribution in [3.8, 4) is 6.07 Å². The van der Waals surface area contributed by atoms with Crippen LogP contribution < -0.4 is 5.32 Å². The fraction of sp³-hybridized carbons (Fsp3) is 0.190.